The fraction of sp³-hybridized carbons (Fsp3) is 0.467. The Morgan fingerprint density at radius 1 is 1.18 bits per heavy atom. The van der Waals surface area contributed by atoms with Crippen LogP contribution >= 0.6 is 11.6 Å². The highest BCUT2D eigenvalue weighted by Crippen LogP contribution is 2.40. The van der Waals surface area contributed by atoms with Gasteiger partial charge >= 0.3 is 5.69 Å². The van der Waals surface area contributed by atoms with Gasteiger partial charge in [0.2, 0.25) is 5.90 Å². The fourth-order valence-corrected chi connectivity index (χ4v) is 5.63. The second-order valence-corrected chi connectivity index (χ2v) is 11.1. The number of hydrogen-bond donors (Lipinski definition) is 0. The molecular formula is C30H36ClFN6O2. The Morgan fingerprint density at radius 2 is 1.90 bits per heavy atom. The van der Waals surface area contributed by atoms with Gasteiger partial charge in [-0.2, -0.15) is 4.98 Å². The van der Waals surface area contributed by atoms with Crippen molar-refractivity contribution in [3.05, 3.63) is 74.7 Å². The van der Waals surface area contributed by atoms with E-state index in [-0.39, 0.29) is 23.6 Å². The number of allylic oxidation sites excluding steroid dienone is 2. The van der Waals surface area contributed by atoms with Crippen LogP contribution in [0.4, 0.5) is 10.2 Å². The number of fused-ring (bicyclic) bond motifs is 1. The van der Waals surface area contributed by atoms with E-state index >= 15 is 0 Å². The zero-order valence-corrected chi connectivity index (χ0v) is 24.5. The molecule has 10 heteroatoms. The molecule has 1 saturated heterocycles. The summed E-state index contributed by atoms with van der Waals surface area (Å²) in [6.07, 6.45) is 3.21. The van der Waals surface area contributed by atoms with Crippen LogP contribution < -0.4 is 10.6 Å². The summed E-state index contributed by atoms with van der Waals surface area (Å²) in [4.78, 5) is 31.2. The van der Waals surface area contributed by atoms with E-state index in [2.05, 4.69) is 40.5 Å². The number of methoxy groups -OCH3 is 1. The third-order valence-corrected chi connectivity index (χ3v) is 8.20. The smallest absolute Gasteiger partial charge is 0.349 e. The average molecular weight is 567 g/mol. The van der Waals surface area contributed by atoms with E-state index in [0.29, 0.717) is 53.5 Å². The van der Waals surface area contributed by atoms with Crippen LogP contribution in [0.25, 0.3) is 11.0 Å². The van der Waals surface area contributed by atoms with Crippen LogP contribution in [0.15, 0.2) is 57.5 Å². The molecule has 3 heterocycles. The third-order valence-electron chi connectivity index (χ3n) is 7.99. The molecule has 0 spiro atoms. The number of pyridine rings is 1. The van der Waals surface area contributed by atoms with Crippen LogP contribution in [0.1, 0.15) is 51.6 Å². The van der Waals surface area contributed by atoms with E-state index in [9.17, 15) is 9.18 Å². The first-order valence-electron chi connectivity index (χ1n) is 13.8. The zero-order chi connectivity index (χ0) is 28.6. The number of ether oxygens (including phenoxy) is 1. The lowest BCUT2D eigenvalue weighted by Crippen LogP contribution is -2.54. The van der Waals surface area contributed by atoms with Gasteiger partial charge in [0, 0.05) is 44.3 Å². The van der Waals surface area contributed by atoms with Crippen LogP contribution in [0.3, 0.4) is 0 Å². The Hall–Kier alpha value is -3.30. The van der Waals surface area contributed by atoms with E-state index < -0.39 is 0 Å². The third kappa shape index (κ3) is 5.63. The van der Waals surface area contributed by atoms with Gasteiger partial charge in [0.1, 0.15) is 22.5 Å². The van der Waals surface area contributed by atoms with Crippen molar-refractivity contribution in [2.45, 2.75) is 52.1 Å². The second kappa shape index (κ2) is 11.7. The zero-order valence-electron chi connectivity index (χ0n) is 23.7. The SMILES string of the molecule is CC/C(C)=C(\N=C(OC)C(c1ccc(F)cc1)N1CCN(c2nc(=O)n(C)c3ccc(Cl)nc23)C(C)C1)C1CC1. The number of rotatable bonds is 7. The van der Waals surface area contributed by atoms with Crippen molar-refractivity contribution in [3.63, 3.8) is 0 Å². The van der Waals surface area contributed by atoms with E-state index in [1.165, 1.54) is 22.3 Å². The molecular weight excluding hydrogens is 531 g/mol. The molecule has 2 aliphatic rings. The minimum Gasteiger partial charge on any atom is -0.483 e. The summed E-state index contributed by atoms with van der Waals surface area (Å²) in [5, 5.41) is 0.347. The van der Waals surface area contributed by atoms with Gasteiger partial charge in [-0.05, 0) is 62.9 Å². The van der Waals surface area contributed by atoms with Crippen LogP contribution in [0.5, 0.6) is 0 Å². The fourth-order valence-electron chi connectivity index (χ4n) is 5.48. The van der Waals surface area contributed by atoms with Gasteiger partial charge in [-0.1, -0.05) is 36.2 Å². The summed E-state index contributed by atoms with van der Waals surface area (Å²) < 4.78 is 21.4. The molecule has 2 fully saturated rings. The first-order valence-corrected chi connectivity index (χ1v) is 14.2. The molecule has 0 radical (unpaired) electrons. The number of aliphatic imine (C=N–C) groups is 1. The molecule has 3 aromatic rings. The summed E-state index contributed by atoms with van der Waals surface area (Å²) in [6.45, 7) is 8.26. The van der Waals surface area contributed by atoms with E-state index in [1.54, 1.807) is 38.4 Å². The minimum atomic E-state index is -0.343. The Labute approximate surface area is 239 Å². The predicted molar refractivity (Wildman–Crippen MR) is 157 cm³/mol. The molecule has 40 heavy (non-hydrogen) atoms. The molecule has 0 bridgehead atoms. The van der Waals surface area contributed by atoms with Crippen molar-refractivity contribution >= 4 is 34.3 Å². The molecule has 1 aliphatic carbocycles. The van der Waals surface area contributed by atoms with Crippen molar-refractivity contribution < 1.29 is 9.13 Å². The molecule has 2 aromatic heterocycles. The van der Waals surface area contributed by atoms with Gasteiger partial charge in [-0.3, -0.25) is 9.47 Å². The van der Waals surface area contributed by atoms with Gasteiger partial charge in [-0.25, -0.2) is 19.2 Å². The first-order chi connectivity index (χ1) is 19.2. The summed E-state index contributed by atoms with van der Waals surface area (Å²) in [6, 6.07) is 9.74. The number of benzene rings is 1. The summed E-state index contributed by atoms with van der Waals surface area (Å²) in [7, 11) is 3.34. The number of hydrogen-bond acceptors (Lipinski definition) is 7. The Morgan fingerprint density at radius 3 is 2.52 bits per heavy atom. The topological polar surface area (TPSA) is 75.8 Å². The molecule has 1 saturated carbocycles. The summed E-state index contributed by atoms with van der Waals surface area (Å²) >= 11 is 6.24. The average Bonchev–Trinajstić information content (AvgIpc) is 3.79. The standard InChI is InChI=1S/C30H36ClFN6O2/c1-6-18(2)25(20-7-8-20)34-29(40-5)27(21-9-11-22(32)12-10-21)37-15-16-38(19(3)17-37)28-26-23(13-14-24(31)33-26)36(4)30(39)35-28/h9-14,19-20,27H,6-8,15-17H2,1-5H3/b25-18-,34-29?. The lowest BCUT2D eigenvalue weighted by atomic mass is 10.0. The van der Waals surface area contributed by atoms with Gasteiger partial charge in [0.25, 0.3) is 0 Å². The number of aryl methyl sites for hydroxylation is 1. The highest BCUT2D eigenvalue weighted by Gasteiger charge is 2.36. The van der Waals surface area contributed by atoms with Gasteiger partial charge in [0.05, 0.1) is 12.6 Å². The van der Waals surface area contributed by atoms with E-state index in [0.717, 1.165) is 30.5 Å². The number of nitrogens with zero attached hydrogens (tertiary/aromatic N) is 6. The molecule has 1 aliphatic heterocycles. The highest BCUT2D eigenvalue weighted by molar-refractivity contribution is 6.29. The predicted octanol–water partition coefficient (Wildman–Crippen LogP) is 5.51. The van der Waals surface area contributed by atoms with Crippen LogP contribution in [-0.2, 0) is 11.8 Å². The molecule has 1 aromatic carbocycles. The highest BCUT2D eigenvalue weighted by atomic mass is 35.5. The van der Waals surface area contributed by atoms with Crippen molar-refractivity contribution in [2.24, 2.45) is 18.0 Å². The van der Waals surface area contributed by atoms with Crippen LogP contribution in [0, 0.1) is 11.7 Å². The lowest BCUT2D eigenvalue weighted by molar-refractivity contribution is 0.182. The molecule has 2 atom stereocenters. The summed E-state index contributed by atoms with van der Waals surface area (Å²) in [5.74, 6) is 1.32. The van der Waals surface area contributed by atoms with Crippen molar-refractivity contribution in [3.8, 4) is 0 Å². The normalized spacial score (nSPS) is 20.0. The maximum atomic E-state index is 13.9. The molecule has 212 valence electrons. The number of aromatic nitrogens is 3. The molecule has 2 unspecified atom stereocenters. The monoisotopic (exact) mass is 566 g/mol. The lowest BCUT2D eigenvalue weighted by Gasteiger charge is -2.43. The van der Waals surface area contributed by atoms with Gasteiger partial charge in [-0.15, -0.1) is 0 Å². The maximum Gasteiger partial charge on any atom is 0.349 e. The second-order valence-electron chi connectivity index (χ2n) is 10.7. The molecule has 8 nitrogen and oxygen atoms in total. The van der Waals surface area contributed by atoms with Crippen molar-refractivity contribution in [1.29, 1.82) is 0 Å². The van der Waals surface area contributed by atoms with Crippen molar-refractivity contribution in [1.82, 2.24) is 19.4 Å². The number of halogens is 2. The number of anilines is 1. The largest absolute Gasteiger partial charge is 0.483 e. The van der Waals surface area contributed by atoms with Gasteiger partial charge < -0.3 is 9.64 Å². The quantitative estimate of drug-likeness (QED) is 0.213. The van der Waals surface area contributed by atoms with Gasteiger partial charge in [0.15, 0.2) is 5.82 Å². The van der Waals surface area contributed by atoms with Crippen LogP contribution in [-0.4, -0.2) is 58.1 Å². The Bertz CT molecular complexity index is 1520. The molecule has 0 amide bonds. The van der Waals surface area contributed by atoms with E-state index in [4.69, 9.17) is 21.3 Å². The number of piperazine rings is 1. The Balaban J connectivity index is 1.52. The molecule has 5 rings (SSSR count). The first kappa shape index (κ1) is 28.2. The van der Waals surface area contributed by atoms with Crippen molar-refractivity contribution in [2.75, 3.05) is 31.6 Å². The van der Waals surface area contributed by atoms with Crippen LogP contribution in [0.2, 0.25) is 5.15 Å². The van der Waals surface area contributed by atoms with E-state index in [1.807, 2.05) is 0 Å². The Kier molecular flexibility index (Phi) is 8.24. The summed E-state index contributed by atoms with van der Waals surface area (Å²) in [5.41, 5.74) is 4.22. The molecule has 0 N–H and O–H groups in total. The maximum absolute atomic E-state index is 13.9. The minimum absolute atomic E-state index is 0.0192.